The van der Waals surface area contributed by atoms with Gasteiger partial charge in [-0.15, -0.1) is 0 Å². The molecule has 2 unspecified atom stereocenters. The number of benzene rings is 1. The molecule has 0 radical (unpaired) electrons. The fourth-order valence-corrected chi connectivity index (χ4v) is 3.86. The number of carbonyl (C=O) groups is 1. The summed E-state index contributed by atoms with van der Waals surface area (Å²) in [7, 11) is 0. The van der Waals surface area contributed by atoms with Gasteiger partial charge in [0.05, 0.1) is 5.56 Å². The van der Waals surface area contributed by atoms with Crippen molar-refractivity contribution in [3.8, 4) is 0 Å². The van der Waals surface area contributed by atoms with Crippen molar-refractivity contribution in [1.82, 2.24) is 4.90 Å². The Hall–Kier alpha value is -1.51. The predicted molar refractivity (Wildman–Crippen MR) is 81.8 cm³/mol. The van der Waals surface area contributed by atoms with E-state index in [0.717, 1.165) is 37.1 Å². The molecule has 3 heteroatoms. The normalized spacial score (nSPS) is 29.2. The monoisotopic (exact) mass is 272 g/mol. The van der Waals surface area contributed by atoms with E-state index in [9.17, 15) is 4.79 Å². The molecule has 0 saturated heterocycles. The summed E-state index contributed by atoms with van der Waals surface area (Å²) in [6.07, 6.45) is 5.61. The zero-order valence-electron chi connectivity index (χ0n) is 12.5. The first-order chi connectivity index (χ1) is 9.66. The Morgan fingerprint density at radius 2 is 2.20 bits per heavy atom. The van der Waals surface area contributed by atoms with Crippen LogP contribution in [0.15, 0.2) is 24.3 Å². The number of carbonyl (C=O) groups excluding carboxylic acids is 1. The van der Waals surface area contributed by atoms with Gasteiger partial charge in [-0.1, -0.05) is 32.4 Å². The van der Waals surface area contributed by atoms with Crippen LogP contribution in [-0.2, 0) is 0 Å². The molecular formula is C17H24N2O. The fourth-order valence-electron chi connectivity index (χ4n) is 3.86. The first kappa shape index (κ1) is 13.5. The molecule has 108 valence electrons. The van der Waals surface area contributed by atoms with Crippen LogP contribution in [0.25, 0.3) is 0 Å². The average molecular weight is 272 g/mol. The van der Waals surface area contributed by atoms with Crippen LogP contribution < -0.4 is 5.32 Å². The molecule has 0 bridgehead atoms. The van der Waals surface area contributed by atoms with Crippen molar-refractivity contribution < 1.29 is 4.79 Å². The van der Waals surface area contributed by atoms with E-state index in [1.54, 1.807) is 0 Å². The lowest BCUT2D eigenvalue weighted by atomic mass is 9.79. The minimum atomic E-state index is -0.154. The molecule has 2 atom stereocenters. The standard InChI is InChI=1S/C17H24N2O/c1-3-11-19-16(20)14-8-4-5-9-15(14)18-17(19)10-6-7-13(2)12-17/h4-5,8-9,13,18H,3,6-7,10-12H2,1-2H3. The van der Waals surface area contributed by atoms with Crippen LogP contribution in [0.2, 0.25) is 0 Å². The topological polar surface area (TPSA) is 32.3 Å². The number of anilines is 1. The molecule has 3 rings (SSSR count). The molecule has 20 heavy (non-hydrogen) atoms. The zero-order valence-corrected chi connectivity index (χ0v) is 12.5. The van der Waals surface area contributed by atoms with E-state index in [0.29, 0.717) is 5.92 Å². The molecule has 1 saturated carbocycles. The van der Waals surface area contributed by atoms with Crippen LogP contribution in [-0.4, -0.2) is 23.0 Å². The second-order valence-corrected chi connectivity index (χ2v) is 6.36. The number of nitrogens with zero attached hydrogens (tertiary/aromatic N) is 1. The summed E-state index contributed by atoms with van der Waals surface area (Å²) >= 11 is 0. The highest BCUT2D eigenvalue weighted by Gasteiger charge is 2.46. The van der Waals surface area contributed by atoms with Crippen LogP contribution in [0.4, 0.5) is 5.69 Å². The minimum Gasteiger partial charge on any atom is -0.362 e. The molecule has 1 amide bonds. The summed E-state index contributed by atoms with van der Waals surface area (Å²) in [5.74, 6) is 0.879. The molecule has 3 nitrogen and oxygen atoms in total. The molecule has 1 aromatic rings. The third-order valence-corrected chi connectivity index (χ3v) is 4.71. The smallest absolute Gasteiger partial charge is 0.257 e. The van der Waals surface area contributed by atoms with E-state index in [1.165, 1.54) is 12.8 Å². The van der Waals surface area contributed by atoms with Gasteiger partial charge < -0.3 is 10.2 Å². The minimum absolute atomic E-state index is 0.154. The zero-order chi connectivity index (χ0) is 14.2. The van der Waals surface area contributed by atoms with Crippen LogP contribution in [0.1, 0.15) is 56.3 Å². The van der Waals surface area contributed by atoms with Crippen molar-refractivity contribution in [2.24, 2.45) is 5.92 Å². The van der Waals surface area contributed by atoms with Gasteiger partial charge in [0.1, 0.15) is 5.66 Å². The highest BCUT2D eigenvalue weighted by atomic mass is 16.2. The SMILES string of the molecule is CCCN1C(=O)c2ccccc2NC12CCCC(C)C2. The summed E-state index contributed by atoms with van der Waals surface area (Å²) < 4.78 is 0. The first-order valence-corrected chi connectivity index (χ1v) is 7.85. The van der Waals surface area contributed by atoms with Crippen molar-refractivity contribution in [2.75, 3.05) is 11.9 Å². The van der Waals surface area contributed by atoms with E-state index in [-0.39, 0.29) is 11.6 Å². The van der Waals surface area contributed by atoms with Crippen LogP contribution >= 0.6 is 0 Å². The Kier molecular flexibility index (Phi) is 3.45. The fraction of sp³-hybridized carbons (Fsp3) is 0.588. The Morgan fingerprint density at radius 1 is 1.40 bits per heavy atom. The van der Waals surface area contributed by atoms with E-state index in [4.69, 9.17) is 0 Å². The summed E-state index contributed by atoms with van der Waals surface area (Å²) in [5, 5.41) is 3.71. The van der Waals surface area contributed by atoms with Crippen LogP contribution in [0.5, 0.6) is 0 Å². The molecular weight excluding hydrogens is 248 g/mol. The predicted octanol–water partition coefficient (Wildman–Crippen LogP) is 3.87. The number of hydrogen-bond acceptors (Lipinski definition) is 2. The highest BCUT2D eigenvalue weighted by Crippen LogP contribution is 2.42. The summed E-state index contributed by atoms with van der Waals surface area (Å²) in [6.45, 7) is 5.29. The quantitative estimate of drug-likeness (QED) is 0.886. The van der Waals surface area contributed by atoms with Gasteiger partial charge >= 0.3 is 0 Å². The molecule has 1 aliphatic carbocycles. The number of para-hydroxylation sites is 1. The van der Waals surface area contributed by atoms with Crippen LogP contribution in [0, 0.1) is 5.92 Å². The van der Waals surface area contributed by atoms with E-state index < -0.39 is 0 Å². The van der Waals surface area contributed by atoms with Gasteiger partial charge in [-0.25, -0.2) is 0 Å². The Morgan fingerprint density at radius 3 is 2.95 bits per heavy atom. The summed E-state index contributed by atoms with van der Waals surface area (Å²) in [4.78, 5) is 15.0. The van der Waals surface area contributed by atoms with Crippen LogP contribution in [0.3, 0.4) is 0 Å². The van der Waals surface area contributed by atoms with Gasteiger partial charge in [0.25, 0.3) is 5.91 Å². The van der Waals surface area contributed by atoms with Crippen molar-refractivity contribution in [2.45, 2.75) is 51.6 Å². The lowest BCUT2D eigenvalue weighted by Crippen LogP contribution is -2.61. The molecule has 1 spiro atoms. The maximum absolute atomic E-state index is 12.9. The maximum atomic E-state index is 12.9. The van der Waals surface area contributed by atoms with Gasteiger partial charge in [0.2, 0.25) is 0 Å². The van der Waals surface area contributed by atoms with Crippen molar-refractivity contribution in [3.05, 3.63) is 29.8 Å². The molecule has 1 heterocycles. The van der Waals surface area contributed by atoms with Crippen molar-refractivity contribution in [3.63, 3.8) is 0 Å². The second-order valence-electron chi connectivity index (χ2n) is 6.36. The van der Waals surface area contributed by atoms with Gasteiger partial charge in [0, 0.05) is 12.2 Å². The van der Waals surface area contributed by atoms with Crippen molar-refractivity contribution in [1.29, 1.82) is 0 Å². The van der Waals surface area contributed by atoms with E-state index in [1.807, 2.05) is 24.3 Å². The Bertz CT molecular complexity index is 513. The lowest BCUT2D eigenvalue weighted by molar-refractivity contribution is 0.0329. The van der Waals surface area contributed by atoms with Gasteiger partial charge in [0.15, 0.2) is 0 Å². The van der Waals surface area contributed by atoms with E-state index in [2.05, 4.69) is 24.1 Å². The molecule has 1 fully saturated rings. The molecule has 1 aliphatic heterocycles. The molecule has 1 aromatic carbocycles. The number of rotatable bonds is 2. The summed E-state index contributed by atoms with van der Waals surface area (Å²) in [6, 6.07) is 7.93. The third-order valence-electron chi connectivity index (χ3n) is 4.71. The van der Waals surface area contributed by atoms with E-state index >= 15 is 0 Å². The first-order valence-electron chi connectivity index (χ1n) is 7.85. The highest BCUT2D eigenvalue weighted by molar-refractivity contribution is 6.02. The summed E-state index contributed by atoms with van der Waals surface area (Å²) in [5.41, 5.74) is 1.68. The lowest BCUT2D eigenvalue weighted by Gasteiger charge is -2.52. The second kappa shape index (κ2) is 5.12. The van der Waals surface area contributed by atoms with Gasteiger partial charge in [-0.05, 0) is 43.7 Å². The molecule has 2 aliphatic rings. The number of hydrogen-bond donors (Lipinski definition) is 1. The largest absolute Gasteiger partial charge is 0.362 e. The Balaban J connectivity index is 2.02. The number of amides is 1. The van der Waals surface area contributed by atoms with Crippen molar-refractivity contribution >= 4 is 11.6 Å². The number of nitrogens with one attached hydrogen (secondary N) is 1. The average Bonchev–Trinajstić information content (AvgIpc) is 2.43. The van der Waals surface area contributed by atoms with Gasteiger partial charge in [-0.3, -0.25) is 4.79 Å². The van der Waals surface area contributed by atoms with Gasteiger partial charge in [-0.2, -0.15) is 0 Å². The molecule has 0 aromatic heterocycles. The Labute approximate surface area is 121 Å². The number of fused-ring (bicyclic) bond motifs is 1. The maximum Gasteiger partial charge on any atom is 0.257 e. The molecule has 1 N–H and O–H groups in total. The third kappa shape index (κ3) is 2.09.